The molecule has 0 saturated heterocycles. The van der Waals surface area contributed by atoms with Crippen LogP contribution in [-0.2, 0) is 17.4 Å². The fourth-order valence-electron chi connectivity index (χ4n) is 2.96. The molecule has 1 aromatic carbocycles. The second kappa shape index (κ2) is 7.22. The van der Waals surface area contributed by atoms with Crippen molar-refractivity contribution in [3.05, 3.63) is 52.8 Å². The molecular weight excluding hydrogens is 328 g/mol. The maximum absolute atomic E-state index is 11.3. The van der Waals surface area contributed by atoms with Crippen molar-refractivity contribution in [1.29, 1.82) is 0 Å². The van der Waals surface area contributed by atoms with E-state index in [2.05, 4.69) is 11.9 Å². The molecule has 0 fully saturated rings. The molecule has 1 amide bonds. The molecule has 1 aromatic heterocycles. The lowest BCUT2D eigenvalue weighted by Gasteiger charge is -2.19. The van der Waals surface area contributed by atoms with E-state index in [1.165, 1.54) is 6.92 Å². The number of aryl methyl sites for hydroxylation is 1. The molecular formula is C21H26N2O3. The largest absolute Gasteiger partial charge is 0.508 e. The van der Waals surface area contributed by atoms with E-state index in [0.717, 1.165) is 21.7 Å². The zero-order chi connectivity index (χ0) is 19.6. The smallest absolute Gasteiger partial charge is 0.221 e. The van der Waals surface area contributed by atoms with Crippen LogP contribution in [-0.4, -0.2) is 20.7 Å². The maximum atomic E-state index is 11.3. The van der Waals surface area contributed by atoms with E-state index in [9.17, 15) is 15.0 Å². The summed E-state index contributed by atoms with van der Waals surface area (Å²) in [5.74, 6) is -0.107. The fraction of sp³-hybridized carbons (Fsp3) is 0.286. The number of aliphatic hydroxyl groups is 1. The predicted molar refractivity (Wildman–Crippen MR) is 105 cm³/mol. The van der Waals surface area contributed by atoms with Crippen LogP contribution in [0.2, 0.25) is 0 Å². The van der Waals surface area contributed by atoms with Crippen molar-refractivity contribution < 1.29 is 15.0 Å². The van der Waals surface area contributed by atoms with Gasteiger partial charge in [0.05, 0.1) is 5.60 Å². The van der Waals surface area contributed by atoms with Crippen LogP contribution in [0, 0.1) is 0 Å². The highest BCUT2D eigenvalue weighted by Gasteiger charge is 2.18. The molecule has 0 aliphatic rings. The SMILES string of the molecule is C=C(/C=c1/c(-c2cc(O)cc(C(C)(C)O)c2)cn(C)/c1=C/C)NC(C)=O. The molecule has 26 heavy (non-hydrogen) atoms. The first-order valence-corrected chi connectivity index (χ1v) is 8.40. The maximum Gasteiger partial charge on any atom is 0.221 e. The molecule has 0 saturated carbocycles. The molecule has 5 heteroatoms. The van der Waals surface area contributed by atoms with E-state index in [-0.39, 0.29) is 11.7 Å². The van der Waals surface area contributed by atoms with E-state index >= 15 is 0 Å². The predicted octanol–water partition coefficient (Wildman–Crippen LogP) is 1.86. The number of benzene rings is 1. The van der Waals surface area contributed by atoms with Crippen LogP contribution in [0.4, 0.5) is 0 Å². The second-order valence-electron chi connectivity index (χ2n) is 6.92. The quantitative estimate of drug-likeness (QED) is 0.784. The number of carbonyl (C=O) groups excluding carboxylic acids is 1. The molecule has 0 atom stereocenters. The van der Waals surface area contributed by atoms with Crippen LogP contribution in [0.3, 0.4) is 0 Å². The normalized spacial score (nSPS) is 13.2. The number of phenolic OH excluding ortho intramolecular Hbond substituents is 1. The molecule has 0 bridgehead atoms. The van der Waals surface area contributed by atoms with Crippen molar-refractivity contribution in [2.45, 2.75) is 33.3 Å². The summed E-state index contributed by atoms with van der Waals surface area (Å²) in [7, 11) is 1.93. The number of nitrogens with one attached hydrogen (secondary N) is 1. The summed E-state index contributed by atoms with van der Waals surface area (Å²) in [6.07, 6.45) is 5.72. The van der Waals surface area contributed by atoms with E-state index < -0.39 is 5.60 Å². The lowest BCUT2D eigenvalue weighted by molar-refractivity contribution is -0.118. The van der Waals surface area contributed by atoms with E-state index in [0.29, 0.717) is 11.3 Å². The van der Waals surface area contributed by atoms with Gasteiger partial charge < -0.3 is 20.1 Å². The highest BCUT2D eigenvalue weighted by molar-refractivity contribution is 5.78. The third-order valence-electron chi connectivity index (χ3n) is 4.13. The summed E-state index contributed by atoms with van der Waals surface area (Å²) in [6, 6.07) is 5.06. The van der Waals surface area contributed by atoms with Crippen LogP contribution in [0.25, 0.3) is 23.3 Å². The molecule has 2 aromatic rings. The van der Waals surface area contributed by atoms with Crippen molar-refractivity contribution >= 4 is 18.1 Å². The van der Waals surface area contributed by atoms with E-state index in [1.54, 1.807) is 32.1 Å². The Morgan fingerprint density at radius 2 is 1.96 bits per heavy atom. The number of hydrogen-bond donors (Lipinski definition) is 3. The van der Waals surface area contributed by atoms with Crippen molar-refractivity contribution in [3.8, 4) is 16.9 Å². The van der Waals surface area contributed by atoms with Crippen molar-refractivity contribution in [2.75, 3.05) is 0 Å². The Morgan fingerprint density at radius 1 is 1.31 bits per heavy atom. The van der Waals surface area contributed by atoms with E-state index in [1.807, 2.05) is 36.9 Å². The Kier molecular flexibility index (Phi) is 5.42. The van der Waals surface area contributed by atoms with Gasteiger partial charge in [-0.1, -0.05) is 12.7 Å². The number of hydrogen-bond acceptors (Lipinski definition) is 3. The summed E-state index contributed by atoms with van der Waals surface area (Å²) in [6.45, 7) is 10.6. The van der Waals surface area contributed by atoms with Crippen LogP contribution in [0.15, 0.2) is 36.7 Å². The number of nitrogens with zero attached hydrogens (tertiary/aromatic N) is 1. The lowest BCUT2D eigenvalue weighted by Crippen LogP contribution is -2.29. The summed E-state index contributed by atoms with van der Waals surface area (Å²) in [5.41, 5.74) is 1.66. The zero-order valence-corrected chi connectivity index (χ0v) is 15.9. The van der Waals surface area contributed by atoms with Gasteiger partial charge in [-0.3, -0.25) is 4.79 Å². The highest BCUT2D eigenvalue weighted by Crippen LogP contribution is 2.29. The summed E-state index contributed by atoms with van der Waals surface area (Å²) >= 11 is 0. The van der Waals surface area contributed by atoms with Gasteiger partial charge in [-0.05, 0) is 56.2 Å². The average Bonchev–Trinajstić information content (AvgIpc) is 2.80. The van der Waals surface area contributed by atoms with Gasteiger partial charge in [0.2, 0.25) is 5.91 Å². The molecule has 0 aliphatic heterocycles. The van der Waals surface area contributed by atoms with E-state index in [4.69, 9.17) is 0 Å². The van der Waals surface area contributed by atoms with Crippen LogP contribution >= 0.6 is 0 Å². The molecule has 138 valence electrons. The number of aromatic nitrogens is 1. The van der Waals surface area contributed by atoms with Crippen LogP contribution in [0.5, 0.6) is 5.75 Å². The third kappa shape index (κ3) is 4.24. The third-order valence-corrected chi connectivity index (χ3v) is 4.13. The highest BCUT2D eigenvalue weighted by atomic mass is 16.3. The minimum Gasteiger partial charge on any atom is -0.508 e. The number of carbonyl (C=O) groups is 1. The Hall–Kier alpha value is -2.79. The second-order valence-corrected chi connectivity index (χ2v) is 6.92. The Labute approximate surface area is 153 Å². The topological polar surface area (TPSA) is 74.5 Å². The van der Waals surface area contributed by atoms with Gasteiger partial charge in [0.15, 0.2) is 0 Å². The number of amides is 1. The molecule has 0 radical (unpaired) electrons. The number of phenols is 1. The van der Waals surface area contributed by atoms with Gasteiger partial charge in [0, 0.05) is 42.0 Å². The van der Waals surface area contributed by atoms with Gasteiger partial charge in [-0.2, -0.15) is 0 Å². The lowest BCUT2D eigenvalue weighted by atomic mass is 9.94. The molecule has 5 nitrogen and oxygen atoms in total. The van der Waals surface area contributed by atoms with Gasteiger partial charge in [0.1, 0.15) is 5.75 Å². The van der Waals surface area contributed by atoms with Crippen molar-refractivity contribution in [2.24, 2.45) is 7.05 Å². The summed E-state index contributed by atoms with van der Waals surface area (Å²) in [4.78, 5) is 11.3. The summed E-state index contributed by atoms with van der Waals surface area (Å²) in [5, 5.41) is 25.0. The number of aromatic hydroxyl groups is 1. The molecule has 0 spiro atoms. The van der Waals surface area contributed by atoms with Gasteiger partial charge in [-0.25, -0.2) is 0 Å². The minimum absolute atomic E-state index is 0.0807. The van der Waals surface area contributed by atoms with Gasteiger partial charge in [0.25, 0.3) is 0 Å². The Bertz CT molecular complexity index is 976. The first kappa shape index (κ1) is 19.5. The average molecular weight is 354 g/mol. The molecule has 0 unspecified atom stereocenters. The zero-order valence-electron chi connectivity index (χ0n) is 15.9. The number of rotatable bonds is 4. The first-order valence-electron chi connectivity index (χ1n) is 8.40. The monoisotopic (exact) mass is 354 g/mol. The van der Waals surface area contributed by atoms with Gasteiger partial charge >= 0.3 is 0 Å². The fourth-order valence-corrected chi connectivity index (χ4v) is 2.96. The Balaban J connectivity index is 2.76. The molecule has 0 aliphatic carbocycles. The van der Waals surface area contributed by atoms with Crippen molar-refractivity contribution in [1.82, 2.24) is 9.88 Å². The first-order chi connectivity index (χ1) is 12.0. The van der Waals surface area contributed by atoms with Crippen LogP contribution < -0.4 is 15.9 Å². The molecule has 3 N–H and O–H groups in total. The van der Waals surface area contributed by atoms with Crippen molar-refractivity contribution in [3.63, 3.8) is 0 Å². The Morgan fingerprint density at radius 3 is 2.50 bits per heavy atom. The number of allylic oxidation sites excluding steroid dienone is 1. The van der Waals surface area contributed by atoms with Gasteiger partial charge in [-0.15, -0.1) is 0 Å². The minimum atomic E-state index is -1.08. The summed E-state index contributed by atoms with van der Waals surface area (Å²) < 4.78 is 1.97. The molecule has 1 heterocycles. The van der Waals surface area contributed by atoms with Crippen LogP contribution in [0.1, 0.15) is 33.3 Å². The molecule has 2 rings (SSSR count). The standard InChI is InChI=1S/C21H26N2O3/c1-7-20-18(8-13(2)22-14(3)24)19(12-23(20)6)15-9-16(21(4,5)26)11-17(25)10-15/h7-12,25-26H,2H2,1,3-6H3,(H,22,24)/b18-8-,20-7+.